The van der Waals surface area contributed by atoms with Crippen LogP contribution in [0.1, 0.15) is 67.8 Å². The zero-order valence-electron chi connectivity index (χ0n) is 36.8. The Balaban J connectivity index is 0.846. The van der Waals surface area contributed by atoms with Crippen LogP contribution in [0.5, 0.6) is 23.0 Å². The van der Waals surface area contributed by atoms with E-state index in [0.29, 0.717) is 63.4 Å². The number of methoxy groups -OCH3 is 1. The summed E-state index contributed by atoms with van der Waals surface area (Å²) in [5.74, 6) is -0.321. The number of aryl methyl sites for hydroxylation is 1. The molecule has 340 valence electrons. The first kappa shape index (κ1) is 43.1. The molecule has 5 aliphatic rings. The fraction of sp³-hybridized carbons (Fsp3) is 0.275. The van der Waals surface area contributed by atoms with Gasteiger partial charge in [0.15, 0.2) is 11.5 Å². The van der Waals surface area contributed by atoms with E-state index >= 15 is 0 Å². The van der Waals surface area contributed by atoms with Crippen LogP contribution in [0, 0.1) is 6.92 Å². The minimum atomic E-state index is -0.758. The number of rotatable bonds is 15. The first-order chi connectivity index (χ1) is 32.6. The summed E-state index contributed by atoms with van der Waals surface area (Å²) in [6.45, 7) is 2.32. The van der Waals surface area contributed by atoms with Crippen LogP contribution in [0.4, 0.5) is 22.7 Å². The van der Waals surface area contributed by atoms with Crippen LogP contribution >= 0.6 is 0 Å². The number of carbonyl (C=O) groups excluding carboxylic acids is 5. The third-order valence-electron chi connectivity index (χ3n) is 12.2. The highest BCUT2D eigenvalue weighted by atomic mass is 16.7. The summed E-state index contributed by atoms with van der Waals surface area (Å²) in [7, 11) is 1.52. The molecule has 5 heterocycles. The molecule has 0 aliphatic carbocycles. The summed E-state index contributed by atoms with van der Waals surface area (Å²) in [5, 5.41) is 0.508. The third kappa shape index (κ3) is 8.58. The maximum atomic E-state index is 14.0. The van der Waals surface area contributed by atoms with E-state index in [9.17, 15) is 24.0 Å². The number of fused-ring (bicyclic) bond motifs is 8. The Kier molecular flexibility index (Phi) is 11.7. The Morgan fingerprint density at radius 3 is 1.82 bits per heavy atom. The SMILES string of the molecule is COc1cc2c(cc1OCc1cc(COc3cc4c(cc3C)C(=O)N3c5ccccc5C[C@H]3C=N4)cc(OCCOCCC(=O)ON3C(=O)CCC3=O)c1)N=C[C@@H]1Cc3ccccc3N1C2=O. The summed E-state index contributed by atoms with van der Waals surface area (Å²) in [6.07, 6.45) is 4.85. The maximum Gasteiger partial charge on any atom is 0.335 e. The number of hydrogen-bond acceptors (Lipinski definition) is 13. The zero-order valence-corrected chi connectivity index (χ0v) is 36.8. The Morgan fingerprint density at radius 2 is 1.21 bits per heavy atom. The van der Waals surface area contributed by atoms with E-state index in [1.54, 1.807) is 29.3 Å². The van der Waals surface area contributed by atoms with Gasteiger partial charge in [-0.25, -0.2) is 4.79 Å². The van der Waals surface area contributed by atoms with Crippen molar-refractivity contribution >= 4 is 64.8 Å². The van der Waals surface area contributed by atoms with Crippen molar-refractivity contribution in [3.05, 3.63) is 130 Å². The van der Waals surface area contributed by atoms with E-state index in [4.69, 9.17) is 38.5 Å². The minimum absolute atomic E-state index is 0.0103. The van der Waals surface area contributed by atoms with Crippen molar-refractivity contribution in [2.75, 3.05) is 36.7 Å². The predicted octanol–water partition coefficient (Wildman–Crippen LogP) is 7.13. The number of hydroxylamine groups is 2. The highest BCUT2D eigenvalue weighted by Crippen LogP contribution is 2.42. The van der Waals surface area contributed by atoms with E-state index in [0.717, 1.165) is 39.2 Å². The van der Waals surface area contributed by atoms with Crippen LogP contribution < -0.4 is 28.7 Å². The van der Waals surface area contributed by atoms with E-state index in [1.807, 2.05) is 90.8 Å². The summed E-state index contributed by atoms with van der Waals surface area (Å²) in [4.78, 5) is 81.7. The van der Waals surface area contributed by atoms with E-state index in [-0.39, 0.29) is 76.2 Å². The number of aliphatic imine (C=N–C) groups is 2. The smallest absolute Gasteiger partial charge is 0.335 e. The lowest BCUT2D eigenvalue weighted by Crippen LogP contribution is -2.37. The van der Waals surface area contributed by atoms with Crippen molar-refractivity contribution in [1.29, 1.82) is 0 Å². The summed E-state index contributed by atoms with van der Waals surface area (Å²) in [6, 6.07) is 28.0. The number of benzene rings is 5. The second-order valence-corrected chi connectivity index (χ2v) is 16.7. The number of hydrogen-bond donors (Lipinski definition) is 0. The van der Waals surface area contributed by atoms with Crippen molar-refractivity contribution in [3.63, 3.8) is 0 Å². The number of anilines is 2. The highest BCUT2D eigenvalue weighted by molar-refractivity contribution is 6.15. The van der Waals surface area contributed by atoms with Crippen molar-refractivity contribution in [2.45, 2.75) is 64.3 Å². The molecule has 0 saturated carbocycles. The van der Waals surface area contributed by atoms with Gasteiger partial charge in [0.05, 0.1) is 61.3 Å². The first-order valence-corrected chi connectivity index (χ1v) is 22.1. The van der Waals surface area contributed by atoms with Gasteiger partial charge < -0.3 is 28.5 Å². The second kappa shape index (κ2) is 18.2. The average molecular weight is 904 g/mol. The number of amides is 4. The largest absolute Gasteiger partial charge is 0.493 e. The van der Waals surface area contributed by atoms with E-state index in [2.05, 4.69) is 0 Å². The molecule has 5 aliphatic heterocycles. The standard InChI is InChI=1S/C51H45N5O11/c1-30-17-38-40(52-26-35-21-33-7-3-5-9-42(33)54(35)50(38)60)24-44(30)65-28-31-18-32(20-37(19-31)64-16-15-63-14-13-49(59)67-56-47(57)11-12-48(56)58)29-66-46-25-41-39(23-45(46)62-2)51(61)55-36(27-53-41)22-34-8-4-6-10-43(34)55/h3-10,17-20,23-27,35-36H,11-16,21-22,28-29H2,1-2H3/t35-,36-/m0/s1. The lowest BCUT2D eigenvalue weighted by molar-refractivity contribution is -0.198. The van der Waals surface area contributed by atoms with Gasteiger partial charge >= 0.3 is 5.97 Å². The maximum absolute atomic E-state index is 14.0. The molecule has 0 N–H and O–H groups in total. The highest BCUT2D eigenvalue weighted by Gasteiger charge is 2.38. The van der Waals surface area contributed by atoms with Crippen molar-refractivity contribution in [1.82, 2.24) is 5.06 Å². The van der Waals surface area contributed by atoms with E-state index in [1.165, 1.54) is 7.11 Å². The van der Waals surface area contributed by atoms with Crippen LogP contribution in [0.15, 0.2) is 101 Å². The fourth-order valence-electron chi connectivity index (χ4n) is 8.97. The minimum Gasteiger partial charge on any atom is -0.493 e. The molecule has 67 heavy (non-hydrogen) atoms. The van der Waals surface area contributed by atoms with Gasteiger partial charge in [0.25, 0.3) is 23.6 Å². The van der Waals surface area contributed by atoms with Crippen LogP contribution in [0.2, 0.25) is 0 Å². The molecule has 0 radical (unpaired) electrons. The molecule has 0 bridgehead atoms. The van der Waals surface area contributed by atoms with E-state index < -0.39 is 17.8 Å². The number of para-hydroxylation sites is 2. The molecule has 5 aromatic carbocycles. The van der Waals surface area contributed by atoms with Gasteiger partial charge in [-0.15, -0.1) is 5.06 Å². The molecule has 0 spiro atoms. The Bertz CT molecular complexity index is 2900. The summed E-state index contributed by atoms with van der Waals surface area (Å²) < 4.78 is 30.3. The van der Waals surface area contributed by atoms with Gasteiger partial charge in [-0.05, 0) is 77.2 Å². The van der Waals surface area contributed by atoms with Crippen LogP contribution in [-0.4, -0.2) is 86.1 Å². The molecule has 0 unspecified atom stereocenters. The summed E-state index contributed by atoms with van der Waals surface area (Å²) >= 11 is 0. The average Bonchev–Trinajstić information content (AvgIpc) is 3.95. The molecule has 1 fully saturated rings. The lowest BCUT2D eigenvalue weighted by Gasteiger charge is -2.22. The molecular formula is C51H45N5O11. The van der Waals surface area contributed by atoms with Gasteiger partial charge in [0.1, 0.15) is 31.3 Å². The van der Waals surface area contributed by atoms with Crippen molar-refractivity contribution in [3.8, 4) is 23.0 Å². The number of ether oxygens (including phenoxy) is 5. The predicted molar refractivity (Wildman–Crippen MR) is 245 cm³/mol. The van der Waals surface area contributed by atoms with Crippen molar-refractivity contribution in [2.24, 2.45) is 9.98 Å². The Hall–Kier alpha value is -7.85. The molecule has 16 nitrogen and oxygen atoms in total. The number of carbonyl (C=O) groups is 5. The molecule has 16 heteroatoms. The molecule has 4 amide bonds. The first-order valence-electron chi connectivity index (χ1n) is 22.1. The Morgan fingerprint density at radius 1 is 0.642 bits per heavy atom. The normalized spacial score (nSPS) is 17.6. The van der Waals surface area contributed by atoms with Gasteiger partial charge in [-0.1, -0.05) is 36.4 Å². The third-order valence-corrected chi connectivity index (χ3v) is 12.2. The van der Waals surface area contributed by atoms with Gasteiger partial charge in [0.2, 0.25) is 0 Å². The number of imide groups is 1. The molecule has 1 saturated heterocycles. The zero-order chi connectivity index (χ0) is 46.2. The van der Waals surface area contributed by atoms with Gasteiger partial charge in [-0.3, -0.25) is 39.0 Å². The van der Waals surface area contributed by atoms with Crippen LogP contribution in [0.25, 0.3) is 0 Å². The fourth-order valence-corrected chi connectivity index (χ4v) is 8.97. The molecule has 10 rings (SSSR count). The number of nitrogens with zero attached hydrogens (tertiary/aromatic N) is 5. The van der Waals surface area contributed by atoms with Gasteiger partial charge in [-0.2, -0.15) is 0 Å². The topological polar surface area (TPSA) is 175 Å². The molecule has 2 atom stereocenters. The van der Waals surface area contributed by atoms with Crippen molar-refractivity contribution < 1.29 is 52.5 Å². The summed E-state index contributed by atoms with van der Waals surface area (Å²) in [5.41, 5.74) is 8.12. The van der Waals surface area contributed by atoms with Crippen LogP contribution in [0.3, 0.4) is 0 Å². The molecule has 0 aromatic heterocycles. The monoisotopic (exact) mass is 903 g/mol. The Labute approximate surface area is 385 Å². The van der Waals surface area contributed by atoms with Gasteiger partial charge in [0, 0.05) is 61.6 Å². The molecular weight excluding hydrogens is 859 g/mol. The quantitative estimate of drug-likeness (QED) is 0.0772. The molecule has 5 aromatic rings. The lowest BCUT2D eigenvalue weighted by atomic mass is 10.1. The second-order valence-electron chi connectivity index (χ2n) is 16.7. The van der Waals surface area contributed by atoms with Crippen LogP contribution in [-0.2, 0) is 50.0 Å².